The first-order valence-corrected chi connectivity index (χ1v) is 11.2. The molecule has 1 fully saturated rings. The van der Waals surface area contributed by atoms with Gasteiger partial charge in [-0.3, -0.25) is 0 Å². The SMILES string of the molecule is CC12Cc3c(cnn3COCC[Si](C)(C)C)CC1C2. The third-order valence-electron chi connectivity index (χ3n) is 4.82. The fraction of sp³-hybridized carbons (Fsp3) is 0.800. The third-order valence-corrected chi connectivity index (χ3v) is 6.53. The fourth-order valence-corrected chi connectivity index (χ4v) is 3.91. The maximum Gasteiger partial charge on any atom is 0.139 e. The molecule has 3 nitrogen and oxygen atoms in total. The number of hydrogen-bond donors (Lipinski definition) is 0. The van der Waals surface area contributed by atoms with Crippen molar-refractivity contribution >= 4 is 8.07 Å². The van der Waals surface area contributed by atoms with Crippen molar-refractivity contribution in [3.8, 4) is 0 Å². The second-order valence-electron chi connectivity index (χ2n) is 7.90. The molecule has 2 aliphatic carbocycles. The summed E-state index contributed by atoms with van der Waals surface area (Å²) in [7, 11) is -0.979. The molecule has 1 heterocycles. The molecule has 2 unspecified atom stereocenters. The normalized spacial score (nSPS) is 28.9. The summed E-state index contributed by atoms with van der Waals surface area (Å²) in [4.78, 5) is 0. The van der Waals surface area contributed by atoms with Gasteiger partial charge in [-0.1, -0.05) is 26.6 Å². The van der Waals surface area contributed by atoms with Gasteiger partial charge in [-0.05, 0) is 42.2 Å². The Bertz CT molecular complexity index is 477. The average Bonchev–Trinajstić information content (AvgIpc) is 2.81. The minimum absolute atomic E-state index is 0.573. The second kappa shape index (κ2) is 4.45. The van der Waals surface area contributed by atoms with Crippen molar-refractivity contribution in [1.29, 1.82) is 0 Å². The van der Waals surface area contributed by atoms with Crippen LogP contribution in [0.5, 0.6) is 0 Å². The lowest BCUT2D eigenvalue weighted by Crippen LogP contribution is -2.23. The van der Waals surface area contributed by atoms with E-state index in [2.05, 4.69) is 42.5 Å². The highest BCUT2D eigenvalue weighted by molar-refractivity contribution is 6.76. The number of hydrogen-bond acceptors (Lipinski definition) is 2. The van der Waals surface area contributed by atoms with E-state index in [1.807, 2.05) is 0 Å². The van der Waals surface area contributed by atoms with Crippen LogP contribution in [0.2, 0.25) is 25.7 Å². The molecular formula is C15H26N2OSi. The molecule has 0 aliphatic heterocycles. The van der Waals surface area contributed by atoms with E-state index in [9.17, 15) is 0 Å². The maximum absolute atomic E-state index is 5.84. The van der Waals surface area contributed by atoms with Crippen molar-refractivity contribution in [2.24, 2.45) is 11.3 Å². The Kier molecular flexibility index (Phi) is 3.13. The van der Waals surface area contributed by atoms with E-state index in [4.69, 9.17) is 4.74 Å². The molecule has 2 aliphatic rings. The standard InChI is InChI=1S/C15H26N2OSi/c1-15-8-13(15)7-12-10-16-17(14(12)9-15)11-18-5-6-19(2,3)4/h10,13H,5-9,11H2,1-4H3. The van der Waals surface area contributed by atoms with Crippen molar-refractivity contribution in [2.75, 3.05) is 6.61 Å². The van der Waals surface area contributed by atoms with Gasteiger partial charge in [0.05, 0.1) is 6.20 Å². The molecule has 3 rings (SSSR count). The van der Waals surface area contributed by atoms with Gasteiger partial charge in [0.2, 0.25) is 0 Å². The number of aromatic nitrogens is 2. The van der Waals surface area contributed by atoms with Crippen LogP contribution >= 0.6 is 0 Å². The van der Waals surface area contributed by atoms with Gasteiger partial charge in [-0.15, -0.1) is 0 Å². The van der Waals surface area contributed by atoms with Gasteiger partial charge in [0.25, 0.3) is 0 Å². The molecule has 19 heavy (non-hydrogen) atoms. The van der Waals surface area contributed by atoms with Crippen LogP contribution in [0.4, 0.5) is 0 Å². The predicted octanol–water partition coefficient (Wildman–Crippen LogP) is 3.32. The topological polar surface area (TPSA) is 27.1 Å². The first kappa shape index (κ1) is 13.4. The molecule has 0 radical (unpaired) electrons. The molecule has 0 spiro atoms. The molecule has 0 aromatic carbocycles. The molecule has 2 atom stereocenters. The molecule has 106 valence electrons. The Morgan fingerprint density at radius 3 is 3.00 bits per heavy atom. The fourth-order valence-electron chi connectivity index (χ4n) is 3.15. The zero-order valence-electron chi connectivity index (χ0n) is 12.7. The summed E-state index contributed by atoms with van der Waals surface area (Å²) in [6.45, 7) is 11.1. The Morgan fingerprint density at radius 2 is 2.26 bits per heavy atom. The van der Waals surface area contributed by atoms with E-state index in [0.29, 0.717) is 12.1 Å². The van der Waals surface area contributed by atoms with E-state index in [1.165, 1.54) is 36.6 Å². The molecule has 4 heteroatoms. The van der Waals surface area contributed by atoms with Crippen molar-refractivity contribution in [3.63, 3.8) is 0 Å². The third kappa shape index (κ3) is 2.79. The molecule has 0 amide bonds. The maximum atomic E-state index is 5.84. The summed E-state index contributed by atoms with van der Waals surface area (Å²) in [6, 6.07) is 1.23. The zero-order chi connectivity index (χ0) is 13.7. The number of rotatable bonds is 5. The minimum Gasteiger partial charge on any atom is -0.360 e. The van der Waals surface area contributed by atoms with E-state index >= 15 is 0 Å². The molecular weight excluding hydrogens is 252 g/mol. The van der Waals surface area contributed by atoms with Crippen molar-refractivity contribution in [1.82, 2.24) is 9.78 Å². The van der Waals surface area contributed by atoms with Crippen LogP contribution in [0.3, 0.4) is 0 Å². The first-order valence-electron chi connectivity index (χ1n) is 7.49. The Morgan fingerprint density at radius 1 is 1.47 bits per heavy atom. The molecule has 1 saturated carbocycles. The highest BCUT2D eigenvalue weighted by atomic mass is 28.3. The summed E-state index contributed by atoms with van der Waals surface area (Å²) in [5.74, 6) is 0.922. The van der Waals surface area contributed by atoms with Crippen LogP contribution < -0.4 is 0 Å². The van der Waals surface area contributed by atoms with Crippen LogP contribution in [0.15, 0.2) is 6.20 Å². The lowest BCUT2D eigenvalue weighted by molar-refractivity contribution is 0.0755. The van der Waals surface area contributed by atoms with Crippen molar-refractivity contribution < 1.29 is 4.74 Å². The highest BCUT2D eigenvalue weighted by Crippen LogP contribution is 2.58. The number of nitrogens with zero attached hydrogens (tertiary/aromatic N) is 2. The van der Waals surface area contributed by atoms with Crippen LogP contribution in [0.25, 0.3) is 0 Å². The van der Waals surface area contributed by atoms with Gasteiger partial charge in [-0.2, -0.15) is 5.10 Å². The van der Waals surface area contributed by atoms with E-state index < -0.39 is 8.07 Å². The van der Waals surface area contributed by atoms with Gasteiger partial charge in [0.1, 0.15) is 6.73 Å². The first-order chi connectivity index (χ1) is 8.87. The van der Waals surface area contributed by atoms with E-state index in [1.54, 1.807) is 0 Å². The monoisotopic (exact) mass is 278 g/mol. The summed E-state index contributed by atoms with van der Waals surface area (Å²) in [5, 5.41) is 4.52. The molecule has 0 saturated heterocycles. The smallest absolute Gasteiger partial charge is 0.139 e. The van der Waals surface area contributed by atoms with E-state index in [-0.39, 0.29) is 0 Å². The van der Waals surface area contributed by atoms with Crippen molar-refractivity contribution in [2.45, 2.75) is 58.6 Å². The van der Waals surface area contributed by atoms with Crippen LogP contribution in [-0.4, -0.2) is 24.5 Å². The van der Waals surface area contributed by atoms with Gasteiger partial charge in [0, 0.05) is 20.4 Å². The van der Waals surface area contributed by atoms with Crippen LogP contribution in [-0.2, 0) is 24.3 Å². The quantitative estimate of drug-likeness (QED) is 0.610. The zero-order valence-corrected chi connectivity index (χ0v) is 13.7. The molecule has 1 aromatic heterocycles. The summed E-state index contributed by atoms with van der Waals surface area (Å²) < 4.78 is 7.93. The molecule has 0 bridgehead atoms. The van der Waals surface area contributed by atoms with Gasteiger partial charge in [-0.25, -0.2) is 4.68 Å². The Labute approximate surface area is 117 Å². The predicted molar refractivity (Wildman–Crippen MR) is 80.0 cm³/mol. The second-order valence-corrected chi connectivity index (χ2v) is 13.5. The van der Waals surface area contributed by atoms with Gasteiger partial charge >= 0.3 is 0 Å². The Hall–Kier alpha value is -0.613. The Balaban J connectivity index is 1.57. The largest absolute Gasteiger partial charge is 0.360 e. The van der Waals surface area contributed by atoms with Gasteiger partial charge < -0.3 is 4.74 Å². The summed E-state index contributed by atoms with van der Waals surface area (Å²) in [6.07, 6.45) is 5.90. The van der Waals surface area contributed by atoms with E-state index in [0.717, 1.165) is 12.5 Å². The minimum atomic E-state index is -0.979. The van der Waals surface area contributed by atoms with Crippen molar-refractivity contribution in [3.05, 3.63) is 17.5 Å². The van der Waals surface area contributed by atoms with Crippen LogP contribution in [0, 0.1) is 11.3 Å². The average molecular weight is 278 g/mol. The van der Waals surface area contributed by atoms with Crippen LogP contribution in [0.1, 0.15) is 24.6 Å². The number of fused-ring (bicyclic) bond motifs is 2. The molecule has 1 aromatic rings. The lowest BCUT2D eigenvalue weighted by Gasteiger charge is -2.20. The molecule has 0 N–H and O–H groups in total. The summed E-state index contributed by atoms with van der Waals surface area (Å²) in [5.41, 5.74) is 3.47. The lowest BCUT2D eigenvalue weighted by atomic mass is 9.89. The summed E-state index contributed by atoms with van der Waals surface area (Å²) >= 11 is 0. The van der Waals surface area contributed by atoms with Gasteiger partial charge in [0.15, 0.2) is 0 Å². The number of ether oxygens (including phenoxy) is 1. The highest BCUT2D eigenvalue weighted by Gasteiger charge is 2.53.